The van der Waals surface area contributed by atoms with Gasteiger partial charge in [-0.1, -0.05) is 32.4 Å². The van der Waals surface area contributed by atoms with Crippen LogP contribution in [-0.2, 0) is 21.2 Å². The Hall–Kier alpha value is -2.88. The lowest BCUT2D eigenvalue weighted by Gasteiger charge is -2.29. The van der Waals surface area contributed by atoms with Crippen LogP contribution in [0.2, 0.25) is 0 Å². The zero-order valence-corrected chi connectivity index (χ0v) is 22.5. The van der Waals surface area contributed by atoms with Crippen molar-refractivity contribution in [3.63, 3.8) is 0 Å². The van der Waals surface area contributed by atoms with E-state index in [-0.39, 0.29) is 16.8 Å². The van der Waals surface area contributed by atoms with Crippen LogP contribution in [0.5, 0.6) is 0 Å². The molecule has 3 rings (SSSR count). The SMILES string of the molecule is CCC1=C(C)CN(C(=O)NCCc2ccc(S(=O)(=O)N(C)C(=O)NC3CCC(CC)CC3)cc2)C1=O. The Labute approximate surface area is 214 Å². The summed E-state index contributed by atoms with van der Waals surface area (Å²) in [5, 5.41) is 5.61. The van der Waals surface area contributed by atoms with E-state index in [2.05, 4.69) is 17.6 Å². The minimum Gasteiger partial charge on any atom is -0.337 e. The second-order valence-corrected chi connectivity index (χ2v) is 11.6. The molecule has 0 saturated heterocycles. The van der Waals surface area contributed by atoms with E-state index in [1.54, 1.807) is 12.1 Å². The first-order chi connectivity index (χ1) is 17.1. The van der Waals surface area contributed by atoms with Gasteiger partial charge in [-0.25, -0.2) is 22.3 Å². The van der Waals surface area contributed by atoms with Gasteiger partial charge >= 0.3 is 12.1 Å². The second-order valence-electron chi connectivity index (χ2n) is 9.68. The van der Waals surface area contributed by atoms with E-state index in [0.29, 0.717) is 37.4 Å². The van der Waals surface area contributed by atoms with E-state index < -0.39 is 22.1 Å². The normalized spacial score (nSPS) is 20.4. The van der Waals surface area contributed by atoms with Gasteiger partial charge in [-0.05, 0) is 74.6 Å². The van der Waals surface area contributed by atoms with E-state index in [4.69, 9.17) is 0 Å². The molecule has 1 fully saturated rings. The summed E-state index contributed by atoms with van der Waals surface area (Å²) in [6.45, 7) is 6.53. The number of benzene rings is 1. The van der Waals surface area contributed by atoms with Crippen LogP contribution in [0.25, 0.3) is 0 Å². The Balaban J connectivity index is 1.50. The van der Waals surface area contributed by atoms with Crippen molar-refractivity contribution in [1.82, 2.24) is 19.8 Å². The van der Waals surface area contributed by atoms with Crippen LogP contribution in [-0.4, -0.2) is 61.8 Å². The third kappa shape index (κ3) is 6.27. The highest BCUT2D eigenvalue weighted by molar-refractivity contribution is 7.89. The molecule has 2 aliphatic rings. The number of nitrogens with one attached hydrogen (secondary N) is 2. The van der Waals surface area contributed by atoms with Crippen molar-refractivity contribution in [2.75, 3.05) is 20.1 Å². The molecule has 1 aromatic carbocycles. The fraction of sp³-hybridized carbons (Fsp3) is 0.577. The standard InChI is InChI=1S/C26H38N4O5S/c1-5-19-7-11-21(12-8-19)28-26(33)29(4)36(34,35)22-13-9-20(10-14-22)15-16-27-25(32)30-17-18(3)23(6-2)24(30)31/h9-10,13-14,19,21H,5-8,11-12,15-17H2,1-4H3,(H,27,32)(H,28,33). The molecule has 198 valence electrons. The number of imide groups is 1. The van der Waals surface area contributed by atoms with Gasteiger partial charge in [-0.15, -0.1) is 0 Å². The van der Waals surface area contributed by atoms with Crippen LogP contribution in [0.3, 0.4) is 0 Å². The van der Waals surface area contributed by atoms with Crippen LogP contribution in [0, 0.1) is 5.92 Å². The van der Waals surface area contributed by atoms with Crippen molar-refractivity contribution in [2.24, 2.45) is 5.92 Å². The average molecular weight is 519 g/mol. The molecule has 1 aromatic rings. The van der Waals surface area contributed by atoms with Crippen LogP contribution in [0.1, 0.15) is 64.9 Å². The second kappa shape index (κ2) is 11.9. The molecule has 0 spiro atoms. The summed E-state index contributed by atoms with van der Waals surface area (Å²) < 4.78 is 26.7. The number of hydrogen-bond acceptors (Lipinski definition) is 5. The molecular weight excluding hydrogens is 480 g/mol. The molecule has 1 saturated carbocycles. The van der Waals surface area contributed by atoms with Crippen molar-refractivity contribution in [3.8, 4) is 0 Å². The molecule has 9 nitrogen and oxygen atoms in total. The number of sulfonamides is 1. The largest absolute Gasteiger partial charge is 0.337 e. The molecule has 0 bridgehead atoms. The topological polar surface area (TPSA) is 116 Å². The summed E-state index contributed by atoms with van der Waals surface area (Å²) in [6, 6.07) is 5.21. The monoisotopic (exact) mass is 518 g/mol. The van der Waals surface area contributed by atoms with Crippen LogP contribution in [0.4, 0.5) is 9.59 Å². The van der Waals surface area contributed by atoms with Crippen molar-refractivity contribution < 1.29 is 22.8 Å². The van der Waals surface area contributed by atoms with Gasteiger partial charge in [0.15, 0.2) is 0 Å². The third-order valence-electron chi connectivity index (χ3n) is 7.32. The summed E-state index contributed by atoms with van der Waals surface area (Å²) in [7, 11) is -2.71. The van der Waals surface area contributed by atoms with E-state index in [1.165, 1.54) is 24.1 Å². The molecular formula is C26H38N4O5S. The van der Waals surface area contributed by atoms with Crippen LogP contribution in [0.15, 0.2) is 40.3 Å². The number of hydrogen-bond donors (Lipinski definition) is 2. The van der Waals surface area contributed by atoms with Crippen molar-refractivity contribution in [3.05, 3.63) is 41.0 Å². The number of rotatable bonds is 8. The number of urea groups is 2. The lowest BCUT2D eigenvalue weighted by molar-refractivity contribution is -0.123. The van der Waals surface area contributed by atoms with Gasteiger partial charge in [0.1, 0.15) is 0 Å². The molecule has 10 heteroatoms. The van der Waals surface area contributed by atoms with E-state index >= 15 is 0 Å². The number of carbonyl (C=O) groups is 3. The third-order valence-corrected chi connectivity index (χ3v) is 9.08. The van der Waals surface area contributed by atoms with Gasteiger partial charge in [0.25, 0.3) is 15.9 Å². The quantitative estimate of drug-likeness (QED) is 0.543. The maximum absolute atomic E-state index is 13.0. The molecule has 0 atom stereocenters. The Morgan fingerprint density at radius 2 is 1.72 bits per heavy atom. The Morgan fingerprint density at radius 1 is 1.08 bits per heavy atom. The van der Waals surface area contributed by atoms with Gasteiger partial charge in [-0.2, -0.15) is 0 Å². The summed E-state index contributed by atoms with van der Waals surface area (Å²) in [4.78, 5) is 38.6. The highest BCUT2D eigenvalue weighted by atomic mass is 32.2. The molecule has 1 aliphatic carbocycles. The molecule has 5 amide bonds. The molecule has 0 aromatic heterocycles. The predicted octanol–water partition coefficient (Wildman–Crippen LogP) is 3.81. The van der Waals surface area contributed by atoms with Gasteiger partial charge in [0, 0.05) is 25.2 Å². The maximum Gasteiger partial charge on any atom is 0.331 e. The Morgan fingerprint density at radius 3 is 2.28 bits per heavy atom. The summed E-state index contributed by atoms with van der Waals surface area (Å²) in [5.41, 5.74) is 2.42. The number of amides is 5. The maximum atomic E-state index is 13.0. The van der Waals surface area contributed by atoms with Crippen LogP contribution < -0.4 is 10.6 Å². The highest BCUT2D eigenvalue weighted by Gasteiger charge is 2.31. The Kier molecular flexibility index (Phi) is 9.16. The smallest absolute Gasteiger partial charge is 0.331 e. The average Bonchev–Trinajstić information content (AvgIpc) is 3.17. The zero-order valence-electron chi connectivity index (χ0n) is 21.7. The fourth-order valence-electron chi connectivity index (χ4n) is 4.85. The molecule has 0 unspecified atom stereocenters. The van der Waals surface area contributed by atoms with Crippen LogP contribution >= 0.6 is 0 Å². The first kappa shape index (κ1) is 27.7. The predicted molar refractivity (Wildman–Crippen MR) is 138 cm³/mol. The Bertz CT molecular complexity index is 1110. The number of nitrogens with zero attached hydrogens (tertiary/aromatic N) is 2. The lowest BCUT2D eigenvalue weighted by Crippen LogP contribution is -2.46. The van der Waals surface area contributed by atoms with E-state index in [0.717, 1.165) is 47.5 Å². The summed E-state index contributed by atoms with van der Waals surface area (Å²) >= 11 is 0. The van der Waals surface area contributed by atoms with Crippen molar-refractivity contribution >= 4 is 28.0 Å². The lowest BCUT2D eigenvalue weighted by atomic mass is 9.85. The van der Waals surface area contributed by atoms with Gasteiger partial charge in [0.2, 0.25) is 0 Å². The molecule has 36 heavy (non-hydrogen) atoms. The fourth-order valence-corrected chi connectivity index (χ4v) is 5.92. The van der Waals surface area contributed by atoms with Crippen molar-refractivity contribution in [2.45, 2.75) is 76.7 Å². The minimum absolute atomic E-state index is 0.000327. The summed E-state index contributed by atoms with van der Waals surface area (Å²) in [5.74, 6) is 0.438. The minimum atomic E-state index is -3.98. The van der Waals surface area contributed by atoms with E-state index in [9.17, 15) is 22.8 Å². The molecule has 1 heterocycles. The first-order valence-corrected chi connectivity index (χ1v) is 14.2. The molecule has 0 radical (unpaired) electrons. The van der Waals surface area contributed by atoms with Crippen molar-refractivity contribution in [1.29, 1.82) is 0 Å². The van der Waals surface area contributed by atoms with Gasteiger partial charge in [0.05, 0.1) is 11.4 Å². The zero-order chi connectivity index (χ0) is 26.5. The van der Waals surface area contributed by atoms with E-state index in [1.807, 2.05) is 13.8 Å². The van der Waals surface area contributed by atoms with Gasteiger partial charge in [-0.3, -0.25) is 9.69 Å². The molecule has 2 N–H and O–H groups in total. The summed E-state index contributed by atoms with van der Waals surface area (Å²) in [6.07, 6.45) is 6.02. The molecule has 1 aliphatic heterocycles. The highest BCUT2D eigenvalue weighted by Crippen LogP contribution is 2.27. The first-order valence-electron chi connectivity index (χ1n) is 12.7. The number of carbonyl (C=O) groups excluding carboxylic acids is 3. The van der Waals surface area contributed by atoms with Gasteiger partial charge < -0.3 is 10.6 Å².